The largest absolute Gasteiger partial charge is 2.00 e. The minimum absolute atomic E-state index is 0. The molecule has 0 aliphatic rings. The van der Waals surface area contributed by atoms with Crippen LogP contribution in [-0.4, -0.2) is 45.5 Å². The summed E-state index contributed by atoms with van der Waals surface area (Å²) >= 11 is 0. The second kappa shape index (κ2) is 18.0. The topological polar surface area (TPSA) is 42.4 Å². The number of hydrogen-bond acceptors (Lipinski definition) is 0. The summed E-state index contributed by atoms with van der Waals surface area (Å²) in [6.07, 6.45) is 7.58. The first-order chi connectivity index (χ1) is 22.0. The molecule has 0 unspecified atom stereocenters. The van der Waals surface area contributed by atoms with Crippen LogP contribution in [0.5, 0.6) is 0 Å². The fourth-order valence-corrected chi connectivity index (χ4v) is 4.53. The summed E-state index contributed by atoms with van der Waals surface area (Å²) in [5.41, 5.74) is 10.6. The minimum Gasteiger partial charge on any atom is -0.251 e. The number of benzene rings is 3. The minimum atomic E-state index is 0. The van der Waals surface area contributed by atoms with Gasteiger partial charge in [0.15, 0.2) is 18.6 Å². The van der Waals surface area contributed by atoms with Crippen molar-refractivity contribution in [2.45, 2.75) is 52.4 Å². The standard InChI is InChI=1S/2C15H16N.C13H10N.Sr/c2*1-15(2,3)13-9-7-12(8-10-13)14-6-4-5-11-16-14;1-2-11-6-8-12(9-7-11)13-5-3-4-10-14-13;/h2*4-7,9-11H,1-3H3;2-8,10H,1H2;/q3*-1;+2/p+3. The van der Waals surface area contributed by atoms with Crippen LogP contribution >= 0.6 is 0 Å². The molecule has 232 valence electrons. The molecule has 3 heterocycles. The van der Waals surface area contributed by atoms with Gasteiger partial charge in [0.25, 0.3) is 0 Å². The summed E-state index contributed by atoms with van der Waals surface area (Å²) < 4.78 is 0. The molecular formula is C43H45N3Sr+2. The molecule has 3 aromatic heterocycles. The zero-order valence-electron chi connectivity index (χ0n) is 28.6. The molecule has 4 heteroatoms. The van der Waals surface area contributed by atoms with Gasteiger partial charge in [0.05, 0.1) is 0 Å². The second-order valence-electron chi connectivity index (χ2n) is 13.1. The fourth-order valence-electron chi connectivity index (χ4n) is 4.53. The van der Waals surface area contributed by atoms with Gasteiger partial charge in [0.1, 0.15) is 17.1 Å². The molecule has 0 bridgehead atoms. The molecule has 47 heavy (non-hydrogen) atoms. The Morgan fingerprint density at radius 2 is 0.851 bits per heavy atom. The van der Waals surface area contributed by atoms with Gasteiger partial charge in [-0.15, -0.1) is 102 Å². The molecule has 0 saturated heterocycles. The zero-order chi connectivity index (χ0) is 33.0. The molecule has 3 N–H and O–H groups in total. The van der Waals surface area contributed by atoms with Crippen molar-refractivity contribution in [1.29, 1.82) is 0 Å². The van der Waals surface area contributed by atoms with E-state index in [0.29, 0.717) is 0 Å². The third-order valence-corrected chi connectivity index (χ3v) is 7.43. The number of pyridine rings is 3. The number of H-pyrrole nitrogens is 3. The van der Waals surface area contributed by atoms with E-state index in [0.717, 1.165) is 39.3 Å². The SMILES string of the molecule is C=Cc1c[c-]c(-c2cccc[nH+]2)cc1.CC(C)(C)c1c[c-]c(-c2cccc[nH+]2)cc1.CC(C)(C)c1c[c-]c(-c2cccc[nH+]2)cc1.[Sr+2]. The molecule has 6 aromatic rings. The van der Waals surface area contributed by atoms with E-state index in [2.05, 4.69) is 130 Å². The Morgan fingerprint density at radius 3 is 1.09 bits per heavy atom. The molecule has 0 atom stereocenters. The van der Waals surface area contributed by atoms with Crippen molar-refractivity contribution >= 4 is 51.6 Å². The van der Waals surface area contributed by atoms with Gasteiger partial charge in [-0.3, -0.25) is 15.0 Å². The first kappa shape index (κ1) is 37.8. The predicted octanol–water partition coefficient (Wildman–Crippen LogP) is 8.76. The van der Waals surface area contributed by atoms with Crippen LogP contribution in [0.15, 0.2) is 134 Å². The quantitative estimate of drug-likeness (QED) is 0.131. The van der Waals surface area contributed by atoms with Crippen molar-refractivity contribution in [1.82, 2.24) is 0 Å². The first-order valence-electron chi connectivity index (χ1n) is 15.6. The van der Waals surface area contributed by atoms with Crippen molar-refractivity contribution in [2.75, 3.05) is 0 Å². The first-order valence-corrected chi connectivity index (χ1v) is 15.6. The molecule has 0 saturated carbocycles. The maximum Gasteiger partial charge on any atom is 2.00 e. The van der Waals surface area contributed by atoms with Crippen molar-refractivity contribution in [3.63, 3.8) is 0 Å². The zero-order valence-corrected chi connectivity index (χ0v) is 32.1. The van der Waals surface area contributed by atoms with Crippen LogP contribution in [0.4, 0.5) is 0 Å². The smallest absolute Gasteiger partial charge is 0.251 e. The van der Waals surface area contributed by atoms with E-state index in [1.807, 2.05) is 85.3 Å². The van der Waals surface area contributed by atoms with E-state index in [4.69, 9.17) is 0 Å². The molecule has 3 aromatic carbocycles. The van der Waals surface area contributed by atoms with Gasteiger partial charge in [-0.2, -0.15) is 0 Å². The Balaban J connectivity index is 0.000000190. The van der Waals surface area contributed by atoms with Gasteiger partial charge >= 0.3 is 45.5 Å². The van der Waals surface area contributed by atoms with Crippen molar-refractivity contribution < 1.29 is 15.0 Å². The Bertz CT molecular complexity index is 1660. The van der Waals surface area contributed by atoms with E-state index < -0.39 is 0 Å². The van der Waals surface area contributed by atoms with E-state index in [9.17, 15) is 0 Å². The molecule has 3 nitrogen and oxygen atoms in total. The van der Waals surface area contributed by atoms with Gasteiger partial charge in [0, 0.05) is 18.2 Å². The van der Waals surface area contributed by atoms with E-state index in [-0.39, 0.29) is 56.3 Å². The average molecular weight is 691 g/mol. The molecule has 0 fully saturated rings. The Morgan fingerprint density at radius 1 is 0.489 bits per heavy atom. The Hall–Kier alpha value is -3.67. The molecule has 0 radical (unpaired) electrons. The van der Waals surface area contributed by atoms with Crippen molar-refractivity contribution in [2.24, 2.45) is 0 Å². The Labute approximate surface area is 319 Å². The molecule has 0 spiro atoms. The number of hydrogen-bond donors (Lipinski definition) is 0. The summed E-state index contributed by atoms with van der Waals surface area (Å²) in [6, 6.07) is 46.7. The number of aromatic nitrogens is 3. The third kappa shape index (κ3) is 11.8. The second-order valence-corrected chi connectivity index (χ2v) is 13.1. The van der Waals surface area contributed by atoms with Crippen LogP contribution in [-0.2, 0) is 10.8 Å². The molecular weight excluding hydrogens is 646 g/mol. The van der Waals surface area contributed by atoms with Gasteiger partial charge in [-0.1, -0.05) is 76.4 Å². The maximum absolute atomic E-state index is 3.71. The summed E-state index contributed by atoms with van der Waals surface area (Å²) in [6.45, 7) is 17.0. The third-order valence-electron chi connectivity index (χ3n) is 7.43. The van der Waals surface area contributed by atoms with Crippen LogP contribution in [0, 0.1) is 18.2 Å². The molecule has 6 rings (SSSR count). The van der Waals surface area contributed by atoms with Crippen molar-refractivity contribution in [3.05, 3.63) is 169 Å². The fraction of sp³-hybridized carbons (Fsp3) is 0.186. The molecule has 0 aliphatic heterocycles. The van der Waals surface area contributed by atoms with Crippen LogP contribution < -0.4 is 15.0 Å². The number of nitrogens with one attached hydrogen (secondary N) is 3. The van der Waals surface area contributed by atoms with Crippen LogP contribution in [0.25, 0.3) is 39.8 Å². The van der Waals surface area contributed by atoms with Gasteiger partial charge in [-0.05, 0) is 29.0 Å². The molecule has 0 aliphatic carbocycles. The van der Waals surface area contributed by atoms with Gasteiger partial charge < -0.3 is 0 Å². The van der Waals surface area contributed by atoms with E-state index in [1.54, 1.807) is 0 Å². The van der Waals surface area contributed by atoms with Crippen LogP contribution in [0.2, 0.25) is 0 Å². The average Bonchev–Trinajstić information content (AvgIpc) is 3.09. The predicted molar refractivity (Wildman–Crippen MR) is 195 cm³/mol. The summed E-state index contributed by atoms with van der Waals surface area (Å²) in [7, 11) is 0. The van der Waals surface area contributed by atoms with Crippen LogP contribution in [0.1, 0.15) is 58.2 Å². The normalized spacial score (nSPS) is 10.7. The Kier molecular flexibility index (Phi) is 14.5. The number of rotatable bonds is 4. The summed E-state index contributed by atoms with van der Waals surface area (Å²) in [4.78, 5) is 9.59. The van der Waals surface area contributed by atoms with Crippen LogP contribution in [0.3, 0.4) is 0 Å². The summed E-state index contributed by atoms with van der Waals surface area (Å²) in [5, 5.41) is 0. The van der Waals surface area contributed by atoms with Gasteiger partial charge in [0.2, 0.25) is 0 Å². The van der Waals surface area contributed by atoms with Gasteiger partial charge in [-0.25, -0.2) is 0 Å². The van der Waals surface area contributed by atoms with E-state index >= 15 is 0 Å². The van der Waals surface area contributed by atoms with Crippen molar-refractivity contribution in [3.8, 4) is 33.8 Å². The molecule has 0 amide bonds. The number of aromatic amines is 3. The maximum atomic E-state index is 3.71. The summed E-state index contributed by atoms with van der Waals surface area (Å²) in [5.74, 6) is 0. The van der Waals surface area contributed by atoms with E-state index in [1.165, 1.54) is 11.1 Å². The monoisotopic (exact) mass is 691 g/mol.